The van der Waals surface area contributed by atoms with Gasteiger partial charge in [-0.15, -0.1) is 0 Å². The van der Waals surface area contributed by atoms with Gasteiger partial charge in [0.15, 0.2) is 0 Å². The first-order chi connectivity index (χ1) is 9.97. The lowest BCUT2D eigenvalue weighted by Crippen LogP contribution is -2.48. The van der Waals surface area contributed by atoms with Crippen molar-refractivity contribution < 1.29 is 19.8 Å². The first kappa shape index (κ1) is 15.3. The van der Waals surface area contributed by atoms with E-state index in [1.807, 2.05) is 0 Å². The monoisotopic (exact) mass is 292 g/mol. The molecular weight excluding hydrogens is 272 g/mol. The number of nitrogens with two attached hydrogens (primary N) is 1. The van der Waals surface area contributed by atoms with E-state index in [0.29, 0.717) is 19.3 Å². The lowest BCUT2D eigenvalue weighted by atomic mass is 10.0. The van der Waals surface area contributed by atoms with E-state index < -0.39 is 17.9 Å². The van der Waals surface area contributed by atoms with Crippen LogP contribution in [-0.2, 0) is 16.0 Å². The minimum absolute atomic E-state index is 0.159. The molecule has 1 fully saturated rings. The van der Waals surface area contributed by atoms with Gasteiger partial charge in [-0.25, -0.2) is 0 Å². The number of aromatic hydroxyl groups is 1. The Bertz CT molecular complexity index is 515. The molecule has 1 aromatic carbocycles. The fraction of sp³-hybridized carbons (Fsp3) is 0.467. The third-order valence-corrected chi connectivity index (χ3v) is 3.89. The van der Waals surface area contributed by atoms with Gasteiger partial charge in [0.25, 0.3) is 0 Å². The molecular formula is C15H20N2O4. The van der Waals surface area contributed by atoms with Gasteiger partial charge >= 0.3 is 5.97 Å². The minimum Gasteiger partial charge on any atom is -0.508 e. The first-order valence-corrected chi connectivity index (χ1v) is 7.04. The van der Waals surface area contributed by atoms with Gasteiger partial charge in [-0.1, -0.05) is 18.6 Å². The average molecular weight is 292 g/mol. The van der Waals surface area contributed by atoms with Crippen LogP contribution in [0, 0.1) is 5.92 Å². The molecule has 0 aliphatic heterocycles. The Balaban J connectivity index is 1.90. The number of hydrogen-bond donors (Lipinski definition) is 4. The summed E-state index contributed by atoms with van der Waals surface area (Å²) in [7, 11) is 0. The molecule has 0 radical (unpaired) electrons. The normalized spacial score (nSPS) is 22.7. The number of carboxylic acids is 1. The Morgan fingerprint density at radius 1 is 1.29 bits per heavy atom. The van der Waals surface area contributed by atoms with Gasteiger partial charge in [0.2, 0.25) is 5.91 Å². The Labute approximate surface area is 123 Å². The summed E-state index contributed by atoms with van der Waals surface area (Å²) in [6.07, 6.45) is 2.41. The maximum Gasteiger partial charge on any atom is 0.308 e. The molecule has 1 saturated carbocycles. The van der Waals surface area contributed by atoms with Crippen LogP contribution in [0.15, 0.2) is 24.3 Å². The zero-order valence-corrected chi connectivity index (χ0v) is 11.7. The summed E-state index contributed by atoms with van der Waals surface area (Å²) in [6.45, 7) is 0. The van der Waals surface area contributed by atoms with Crippen LogP contribution >= 0.6 is 0 Å². The van der Waals surface area contributed by atoms with Crippen LogP contribution in [0.1, 0.15) is 24.8 Å². The maximum absolute atomic E-state index is 12.1. The summed E-state index contributed by atoms with van der Waals surface area (Å²) in [5.74, 6) is -1.56. The van der Waals surface area contributed by atoms with E-state index in [4.69, 9.17) is 10.8 Å². The number of carboxylic acid groups (broad SMARTS) is 1. The van der Waals surface area contributed by atoms with Crippen LogP contribution in [0.5, 0.6) is 5.75 Å². The Kier molecular flexibility index (Phi) is 4.80. The number of amides is 1. The molecule has 0 aromatic heterocycles. The number of hydrogen-bond acceptors (Lipinski definition) is 4. The van der Waals surface area contributed by atoms with Crippen molar-refractivity contribution in [2.24, 2.45) is 11.7 Å². The van der Waals surface area contributed by atoms with E-state index in [9.17, 15) is 14.7 Å². The molecule has 1 amide bonds. The lowest BCUT2D eigenvalue weighted by molar-refractivity contribution is -0.142. The second-order valence-electron chi connectivity index (χ2n) is 5.47. The average Bonchev–Trinajstić information content (AvgIpc) is 2.89. The molecule has 6 nitrogen and oxygen atoms in total. The summed E-state index contributed by atoms with van der Waals surface area (Å²) >= 11 is 0. The van der Waals surface area contributed by atoms with Crippen LogP contribution in [-0.4, -0.2) is 34.2 Å². The van der Waals surface area contributed by atoms with E-state index in [1.54, 1.807) is 12.1 Å². The Hall–Kier alpha value is -2.08. The Morgan fingerprint density at radius 3 is 2.57 bits per heavy atom. The molecule has 1 aromatic rings. The van der Waals surface area contributed by atoms with Crippen LogP contribution < -0.4 is 11.1 Å². The highest BCUT2D eigenvalue weighted by Crippen LogP contribution is 2.25. The van der Waals surface area contributed by atoms with E-state index >= 15 is 0 Å². The molecule has 6 heteroatoms. The Morgan fingerprint density at radius 2 is 1.95 bits per heavy atom. The highest BCUT2D eigenvalue weighted by atomic mass is 16.4. The zero-order valence-electron chi connectivity index (χ0n) is 11.7. The van der Waals surface area contributed by atoms with Crippen LogP contribution in [0.3, 0.4) is 0 Å². The highest BCUT2D eigenvalue weighted by Gasteiger charge is 2.34. The molecule has 0 heterocycles. The van der Waals surface area contributed by atoms with Gasteiger partial charge in [-0.3, -0.25) is 9.59 Å². The number of carbonyl (C=O) groups excluding carboxylic acids is 1. The zero-order chi connectivity index (χ0) is 15.4. The quantitative estimate of drug-likeness (QED) is 0.636. The minimum atomic E-state index is -0.870. The fourth-order valence-corrected chi connectivity index (χ4v) is 2.70. The van der Waals surface area contributed by atoms with Crippen LogP contribution in [0.4, 0.5) is 0 Å². The standard InChI is InChI=1S/C15H20N2O4/c16-12(8-9-4-6-10(18)7-5-9)14(19)17-13-3-1-2-11(13)15(20)21/h4-7,11-13,18H,1-3,8,16H2,(H,17,19)(H,20,21). The number of phenols is 1. The van der Waals surface area contributed by atoms with Crippen LogP contribution in [0.25, 0.3) is 0 Å². The second-order valence-corrected chi connectivity index (χ2v) is 5.47. The topological polar surface area (TPSA) is 113 Å². The van der Waals surface area contributed by atoms with Crippen molar-refractivity contribution >= 4 is 11.9 Å². The van der Waals surface area contributed by atoms with E-state index in [-0.39, 0.29) is 17.7 Å². The van der Waals surface area contributed by atoms with Crippen molar-refractivity contribution in [2.75, 3.05) is 0 Å². The lowest BCUT2D eigenvalue weighted by Gasteiger charge is -2.20. The van der Waals surface area contributed by atoms with Crippen LogP contribution in [0.2, 0.25) is 0 Å². The molecule has 0 saturated heterocycles. The smallest absolute Gasteiger partial charge is 0.308 e. The maximum atomic E-state index is 12.1. The summed E-state index contributed by atoms with van der Waals surface area (Å²) in [5.41, 5.74) is 6.71. The van der Waals surface area contributed by atoms with E-state index in [0.717, 1.165) is 12.0 Å². The first-order valence-electron chi connectivity index (χ1n) is 7.04. The van der Waals surface area contributed by atoms with Crippen molar-refractivity contribution in [1.29, 1.82) is 0 Å². The van der Waals surface area contributed by atoms with Crippen molar-refractivity contribution in [3.8, 4) is 5.75 Å². The highest BCUT2D eigenvalue weighted by molar-refractivity contribution is 5.83. The third-order valence-electron chi connectivity index (χ3n) is 3.89. The molecule has 5 N–H and O–H groups in total. The molecule has 1 aliphatic carbocycles. The molecule has 21 heavy (non-hydrogen) atoms. The third kappa shape index (κ3) is 3.95. The number of nitrogens with one attached hydrogen (secondary N) is 1. The van der Waals surface area contributed by atoms with Crippen molar-refractivity contribution in [1.82, 2.24) is 5.32 Å². The number of carbonyl (C=O) groups is 2. The molecule has 1 aliphatic rings. The summed E-state index contributed by atoms with van der Waals surface area (Å²) in [5, 5.41) is 21.0. The van der Waals surface area contributed by atoms with Gasteiger partial charge in [0, 0.05) is 6.04 Å². The molecule has 3 atom stereocenters. The number of rotatable bonds is 5. The second kappa shape index (κ2) is 6.58. The SMILES string of the molecule is NC(Cc1ccc(O)cc1)C(=O)NC1CCCC1C(=O)O. The van der Waals surface area contributed by atoms with Gasteiger partial charge < -0.3 is 21.3 Å². The van der Waals surface area contributed by atoms with E-state index in [1.165, 1.54) is 12.1 Å². The van der Waals surface area contributed by atoms with Gasteiger partial charge in [-0.05, 0) is 37.0 Å². The van der Waals surface area contributed by atoms with Crippen molar-refractivity contribution in [2.45, 2.75) is 37.8 Å². The van der Waals surface area contributed by atoms with Gasteiger partial charge in [0.05, 0.1) is 12.0 Å². The van der Waals surface area contributed by atoms with E-state index in [2.05, 4.69) is 5.32 Å². The molecule has 0 bridgehead atoms. The molecule has 2 rings (SSSR count). The van der Waals surface area contributed by atoms with Gasteiger partial charge in [0.1, 0.15) is 5.75 Å². The van der Waals surface area contributed by atoms with Crippen molar-refractivity contribution in [3.63, 3.8) is 0 Å². The van der Waals surface area contributed by atoms with Gasteiger partial charge in [-0.2, -0.15) is 0 Å². The molecule has 114 valence electrons. The molecule has 0 spiro atoms. The summed E-state index contributed by atoms with van der Waals surface area (Å²) < 4.78 is 0. The number of benzene rings is 1. The predicted molar refractivity (Wildman–Crippen MR) is 76.7 cm³/mol. The van der Waals surface area contributed by atoms with Crippen molar-refractivity contribution in [3.05, 3.63) is 29.8 Å². The number of aliphatic carboxylic acids is 1. The summed E-state index contributed by atoms with van der Waals surface area (Å²) in [4.78, 5) is 23.1. The summed E-state index contributed by atoms with van der Waals surface area (Å²) in [6, 6.07) is 5.43. The molecule has 3 unspecified atom stereocenters. The predicted octanol–water partition coefficient (Wildman–Crippen LogP) is 0.631. The number of phenolic OH excluding ortho intramolecular Hbond substituents is 1. The largest absolute Gasteiger partial charge is 0.508 e. The fourth-order valence-electron chi connectivity index (χ4n) is 2.70.